The SMILES string of the molecule is CCC1(CC)NC(=O)N(CC(=O)OCC(=O)N[C@H](C)c2ccc(F)cc2F)C1=O. The topological polar surface area (TPSA) is 105 Å². The quantitative estimate of drug-likeness (QED) is 0.501. The monoisotopic (exact) mass is 411 g/mol. The van der Waals surface area contributed by atoms with E-state index in [1.54, 1.807) is 13.8 Å². The minimum absolute atomic E-state index is 0.0703. The van der Waals surface area contributed by atoms with Crippen LogP contribution in [0.25, 0.3) is 0 Å². The van der Waals surface area contributed by atoms with Crippen LogP contribution in [0.4, 0.5) is 13.6 Å². The minimum Gasteiger partial charge on any atom is -0.454 e. The number of nitrogens with one attached hydrogen (secondary N) is 2. The van der Waals surface area contributed by atoms with Crippen LogP contribution in [-0.4, -0.2) is 47.4 Å². The van der Waals surface area contributed by atoms with Crippen molar-refractivity contribution in [2.75, 3.05) is 13.2 Å². The van der Waals surface area contributed by atoms with E-state index in [0.29, 0.717) is 18.9 Å². The molecule has 0 radical (unpaired) electrons. The lowest BCUT2D eigenvalue weighted by molar-refractivity contribution is -0.151. The highest BCUT2D eigenvalue weighted by Gasteiger charge is 2.49. The van der Waals surface area contributed by atoms with Gasteiger partial charge in [-0.05, 0) is 25.8 Å². The molecular formula is C19H23F2N3O5. The van der Waals surface area contributed by atoms with Crippen molar-refractivity contribution in [3.63, 3.8) is 0 Å². The molecule has 1 fully saturated rings. The number of urea groups is 1. The van der Waals surface area contributed by atoms with E-state index in [0.717, 1.165) is 11.0 Å². The molecule has 2 N–H and O–H groups in total. The Kier molecular flexibility index (Phi) is 6.89. The third kappa shape index (κ3) is 4.87. The Labute approximate surface area is 166 Å². The molecule has 1 aliphatic heterocycles. The highest BCUT2D eigenvalue weighted by molar-refractivity contribution is 6.08. The van der Waals surface area contributed by atoms with Gasteiger partial charge < -0.3 is 15.4 Å². The van der Waals surface area contributed by atoms with Crippen LogP contribution >= 0.6 is 0 Å². The molecule has 29 heavy (non-hydrogen) atoms. The summed E-state index contributed by atoms with van der Waals surface area (Å²) in [4.78, 5) is 49.1. The first kappa shape index (κ1) is 22.3. The Morgan fingerprint density at radius 1 is 1.24 bits per heavy atom. The number of nitrogens with zero attached hydrogens (tertiary/aromatic N) is 1. The molecule has 0 aromatic heterocycles. The third-order valence-corrected chi connectivity index (χ3v) is 4.91. The first-order chi connectivity index (χ1) is 13.6. The van der Waals surface area contributed by atoms with Crippen molar-refractivity contribution in [3.05, 3.63) is 35.4 Å². The number of carbonyl (C=O) groups is 4. The largest absolute Gasteiger partial charge is 0.454 e. The molecule has 158 valence electrons. The number of halogens is 2. The van der Waals surface area contributed by atoms with Crippen molar-refractivity contribution < 1.29 is 32.7 Å². The normalized spacial score (nSPS) is 16.4. The molecule has 1 heterocycles. The van der Waals surface area contributed by atoms with E-state index in [1.807, 2.05) is 0 Å². The van der Waals surface area contributed by atoms with Gasteiger partial charge in [0.25, 0.3) is 11.8 Å². The summed E-state index contributed by atoms with van der Waals surface area (Å²) in [6.45, 7) is 3.68. The molecule has 4 amide bonds. The molecule has 1 aromatic carbocycles. The van der Waals surface area contributed by atoms with Gasteiger partial charge in [-0.3, -0.25) is 19.3 Å². The number of hydrogen-bond acceptors (Lipinski definition) is 5. The predicted molar refractivity (Wildman–Crippen MR) is 97.4 cm³/mol. The van der Waals surface area contributed by atoms with Crippen molar-refractivity contribution in [2.24, 2.45) is 0 Å². The summed E-state index contributed by atoms with van der Waals surface area (Å²) >= 11 is 0. The van der Waals surface area contributed by atoms with E-state index >= 15 is 0 Å². The van der Waals surface area contributed by atoms with Crippen molar-refractivity contribution in [3.8, 4) is 0 Å². The summed E-state index contributed by atoms with van der Waals surface area (Å²) in [5, 5.41) is 4.99. The molecule has 1 atom stereocenters. The molecule has 1 aliphatic rings. The van der Waals surface area contributed by atoms with E-state index in [9.17, 15) is 28.0 Å². The van der Waals surface area contributed by atoms with Gasteiger partial charge >= 0.3 is 12.0 Å². The molecule has 0 spiro atoms. The van der Waals surface area contributed by atoms with Crippen molar-refractivity contribution >= 4 is 23.8 Å². The number of imide groups is 1. The van der Waals surface area contributed by atoms with Gasteiger partial charge in [0.2, 0.25) is 0 Å². The number of amides is 4. The van der Waals surface area contributed by atoms with E-state index in [4.69, 9.17) is 4.74 Å². The van der Waals surface area contributed by atoms with Gasteiger partial charge in [0.15, 0.2) is 6.61 Å². The smallest absolute Gasteiger partial charge is 0.326 e. The van der Waals surface area contributed by atoms with Gasteiger partial charge in [0.1, 0.15) is 23.7 Å². The molecular weight excluding hydrogens is 388 g/mol. The summed E-state index contributed by atoms with van der Waals surface area (Å²) in [6, 6.07) is 1.48. The molecule has 8 nitrogen and oxygen atoms in total. The molecule has 10 heteroatoms. The molecule has 1 aromatic rings. The fraction of sp³-hybridized carbons (Fsp3) is 0.474. The van der Waals surface area contributed by atoms with Gasteiger partial charge in [-0.25, -0.2) is 13.6 Å². The van der Waals surface area contributed by atoms with Crippen LogP contribution in [0.5, 0.6) is 0 Å². The summed E-state index contributed by atoms with van der Waals surface area (Å²) < 4.78 is 31.5. The van der Waals surface area contributed by atoms with Crippen LogP contribution in [0.15, 0.2) is 18.2 Å². The van der Waals surface area contributed by atoms with Gasteiger partial charge in [0.05, 0.1) is 6.04 Å². The lowest BCUT2D eigenvalue weighted by Crippen LogP contribution is -2.46. The fourth-order valence-corrected chi connectivity index (χ4v) is 3.08. The maximum atomic E-state index is 13.7. The van der Waals surface area contributed by atoms with Crippen molar-refractivity contribution in [2.45, 2.75) is 45.2 Å². The number of rotatable bonds is 8. The first-order valence-electron chi connectivity index (χ1n) is 9.17. The summed E-state index contributed by atoms with van der Waals surface area (Å²) in [5.74, 6) is -3.73. The van der Waals surface area contributed by atoms with Crippen LogP contribution in [0.1, 0.15) is 45.2 Å². The second-order valence-electron chi connectivity index (χ2n) is 6.73. The predicted octanol–water partition coefficient (Wildman–Crippen LogP) is 1.80. The van der Waals surface area contributed by atoms with Crippen LogP contribution in [0.2, 0.25) is 0 Å². The van der Waals surface area contributed by atoms with E-state index in [-0.39, 0.29) is 5.56 Å². The molecule has 0 unspecified atom stereocenters. The fourth-order valence-electron chi connectivity index (χ4n) is 3.08. The zero-order valence-corrected chi connectivity index (χ0v) is 16.4. The molecule has 1 saturated heterocycles. The zero-order valence-electron chi connectivity index (χ0n) is 16.4. The van der Waals surface area contributed by atoms with Crippen LogP contribution in [0.3, 0.4) is 0 Å². The third-order valence-electron chi connectivity index (χ3n) is 4.91. The Morgan fingerprint density at radius 2 is 1.90 bits per heavy atom. The highest BCUT2D eigenvalue weighted by Crippen LogP contribution is 2.24. The van der Waals surface area contributed by atoms with Gasteiger partial charge in [-0.2, -0.15) is 0 Å². The number of ether oxygens (including phenoxy) is 1. The lowest BCUT2D eigenvalue weighted by atomic mass is 9.93. The number of benzene rings is 1. The Morgan fingerprint density at radius 3 is 2.45 bits per heavy atom. The van der Waals surface area contributed by atoms with Crippen molar-refractivity contribution in [1.29, 1.82) is 0 Å². The molecule has 2 rings (SSSR count). The Balaban J connectivity index is 1.86. The second kappa shape index (κ2) is 8.97. The van der Waals surface area contributed by atoms with Crippen LogP contribution in [-0.2, 0) is 19.1 Å². The average Bonchev–Trinajstić information content (AvgIpc) is 2.90. The van der Waals surface area contributed by atoms with Gasteiger partial charge in [-0.15, -0.1) is 0 Å². The number of hydrogen-bond donors (Lipinski definition) is 2. The van der Waals surface area contributed by atoms with Crippen LogP contribution < -0.4 is 10.6 Å². The highest BCUT2D eigenvalue weighted by atomic mass is 19.1. The van der Waals surface area contributed by atoms with Gasteiger partial charge in [0, 0.05) is 11.6 Å². The molecule has 0 aliphatic carbocycles. The Hall–Kier alpha value is -3.04. The molecule has 0 bridgehead atoms. The summed E-state index contributed by atoms with van der Waals surface area (Å²) in [6.07, 6.45) is 0.750. The maximum absolute atomic E-state index is 13.7. The minimum atomic E-state index is -1.04. The van der Waals surface area contributed by atoms with Gasteiger partial charge in [-0.1, -0.05) is 19.9 Å². The van der Waals surface area contributed by atoms with E-state index < -0.39 is 60.2 Å². The van der Waals surface area contributed by atoms with Crippen LogP contribution in [0, 0.1) is 11.6 Å². The number of esters is 1. The number of carbonyl (C=O) groups excluding carboxylic acids is 4. The summed E-state index contributed by atoms with van der Waals surface area (Å²) in [7, 11) is 0. The maximum Gasteiger partial charge on any atom is 0.326 e. The van der Waals surface area contributed by atoms with Crippen molar-refractivity contribution in [1.82, 2.24) is 15.5 Å². The lowest BCUT2D eigenvalue weighted by Gasteiger charge is -2.22. The first-order valence-corrected chi connectivity index (χ1v) is 9.17. The second-order valence-corrected chi connectivity index (χ2v) is 6.73. The molecule has 0 saturated carbocycles. The Bertz CT molecular complexity index is 826. The standard InChI is InChI=1S/C19H23F2N3O5/c1-4-19(5-2)17(27)24(18(28)23-19)9-16(26)29-10-15(25)22-11(3)13-7-6-12(20)8-14(13)21/h6-8,11H,4-5,9-10H2,1-3H3,(H,22,25)(H,23,28)/t11-/m1/s1. The average molecular weight is 411 g/mol. The van der Waals surface area contributed by atoms with E-state index in [1.165, 1.54) is 13.0 Å². The van der Waals surface area contributed by atoms with E-state index in [2.05, 4.69) is 10.6 Å². The summed E-state index contributed by atoms with van der Waals surface area (Å²) in [5.41, 5.74) is -0.968. The zero-order chi connectivity index (χ0) is 21.8.